The number of hydrogen-bond donors (Lipinski definition) is 2. The Morgan fingerprint density at radius 2 is 1.42 bits per heavy atom. The molecule has 0 atom stereocenters. The van der Waals surface area contributed by atoms with Gasteiger partial charge in [0.05, 0.1) is 21.3 Å². The van der Waals surface area contributed by atoms with Gasteiger partial charge in [-0.1, -0.05) is 59.6 Å². The van der Waals surface area contributed by atoms with Crippen molar-refractivity contribution in [2.75, 3.05) is 9.44 Å². The minimum Gasteiger partial charge on any atom is -0.280 e. The summed E-state index contributed by atoms with van der Waals surface area (Å²) in [5, 5.41) is 1.66. The largest absolute Gasteiger partial charge is 0.280 e. The summed E-state index contributed by atoms with van der Waals surface area (Å²) in [4.78, 5) is -0.170. The topological polar surface area (TPSA) is 92.3 Å². The molecule has 4 aromatic rings. The van der Waals surface area contributed by atoms with Crippen molar-refractivity contribution < 1.29 is 16.8 Å². The minimum absolute atomic E-state index is 0.0269. The van der Waals surface area contributed by atoms with Gasteiger partial charge in [0.2, 0.25) is 0 Å². The second kappa shape index (κ2) is 8.70. The van der Waals surface area contributed by atoms with Crippen LogP contribution in [0.2, 0.25) is 5.02 Å². The van der Waals surface area contributed by atoms with Gasteiger partial charge in [-0.05, 0) is 66.6 Å². The lowest BCUT2D eigenvalue weighted by molar-refractivity contribution is 0.598. The molecule has 0 unspecified atom stereocenters. The second-order valence-electron chi connectivity index (χ2n) is 7.68. The van der Waals surface area contributed by atoms with Crippen LogP contribution in [0.15, 0.2) is 88.7 Å². The van der Waals surface area contributed by atoms with Gasteiger partial charge >= 0.3 is 0 Å². The first-order chi connectivity index (χ1) is 15.5. The quantitative estimate of drug-likeness (QED) is 0.354. The predicted octanol–water partition coefficient (Wildman–Crippen LogP) is 5.71. The molecule has 0 saturated heterocycles. The van der Waals surface area contributed by atoms with Gasteiger partial charge < -0.3 is 0 Å². The van der Waals surface area contributed by atoms with E-state index in [4.69, 9.17) is 11.6 Å². The maximum absolute atomic E-state index is 13.0. The van der Waals surface area contributed by atoms with Gasteiger partial charge in [0.15, 0.2) is 0 Å². The van der Waals surface area contributed by atoms with Gasteiger partial charge in [-0.2, -0.15) is 0 Å². The maximum atomic E-state index is 13.0. The molecule has 9 heteroatoms. The molecule has 0 aliphatic carbocycles. The van der Waals surface area contributed by atoms with Crippen LogP contribution in [0, 0.1) is 13.8 Å². The summed E-state index contributed by atoms with van der Waals surface area (Å²) in [6.07, 6.45) is 0. The first-order valence-corrected chi connectivity index (χ1v) is 13.3. The van der Waals surface area contributed by atoms with Crippen molar-refractivity contribution in [3.63, 3.8) is 0 Å². The van der Waals surface area contributed by atoms with E-state index in [1.807, 2.05) is 37.3 Å². The number of nitrogens with one attached hydrogen (secondary N) is 2. The van der Waals surface area contributed by atoms with Gasteiger partial charge in [0.25, 0.3) is 20.0 Å². The zero-order valence-electron chi connectivity index (χ0n) is 17.8. The molecule has 0 heterocycles. The molecule has 0 amide bonds. The van der Waals surface area contributed by atoms with E-state index < -0.39 is 20.0 Å². The number of hydrogen-bond acceptors (Lipinski definition) is 4. The Balaban J connectivity index is 1.66. The van der Waals surface area contributed by atoms with E-state index in [1.54, 1.807) is 31.2 Å². The number of anilines is 2. The number of aryl methyl sites for hydroxylation is 2. The molecule has 170 valence electrons. The van der Waals surface area contributed by atoms with Gasteiger partial charge in [-0.25, -0.2) is 16.8 Å². The molecule has 33 heavy (non-hydrogen) atoms. The maximum Gasteiger partial charge on any atom is 0.263 e. The van der Waals surface area contributed by atoms with E-state index >= 15 is 0 Å². The van der Waals surface area contributed by atoms with Crippen LogP contribution in [0.25, 0.3) is 10.8 Å². The first-order valence-electron chi connectivity index (χ1n) is 9.96. The molecule has 2 N–H and O–H groups in total. The number of halogens is 1. The fourth-order valence-corrected chi connectivity index (χ4v) is 6.19. The van der Waals surface area contributed by atoms with Crippen molar-refractivity contribution >= 4 is 53.8 Å². The molecule has 0 aromatic heterocycles. The van der Waals surface area contributed by atoms with Crippen LogP contribution in [0.5, 0.6) is 0 Å². The average molecular weight is 501 g/mol. The number of benzene rings is 4. The zero-order valence-corrected chi connectivity index (χ0v) is 20.2. The second-order valence-corrected chi connectivity index (χ2v) is 11.4. The first kappa shape index (κ1) is 23.1. The minimum atomic E-state index is -4.07. The van der Waals surface area contributed by atoms with E-state index in [1.165, 1.54) is 24.3 Å². The summed E-state index contributed by atoms with van der Waals surface area (Å²) < 4.78 is 56.9. The Hall–Kier alpha value is -3.07. The van der Waals surface area contributed by atoms with Crippen LogP contribution in [0.4, 0.5) is 11.4 Å². The van der Waals surface area contributed by atoms with E-state index in [9.17, 15) is 16.8 Å². The number of sulfonamides is 2. The van der Waals surface area contributed by atoms with E-state index in [-0.39, 0.29) is 20.5 Å². The highest BCUT2D eigenvalue weighted by Gasteiger charge is 2.22. The number of rotatable bonds is 6. The lowest BCUT2D eigenvalue weighted by atomic mass is 10.1. The van der Waals surface area contributed by atoms with Crippen LogP contribution in [0.1, 0.15) is 11.1 Å². The third-order valence-electron chi connectivity index (χ3n) is 5.13. The number of fused-ring (bicyclic) bond motifs is 1. The zero-order chi connectivity index (χ0) is 23.8. The Morgan fingerprint density at radius 1 is 0.697 bits per heavy atom. The molecular formula is C24H21ClN2O4S2. The fourth-order valence-electron chi connectivity index (χ4n) is 3.45. The molecular weight excluding hydrogens is 480 g/mol. The third-order valence-corrected chi connectivity index (χ3v) is 8.36. The van der Waals surface area contributed by atoms with Crippen LogP contribution >= 0.6 is 11.6 Å². The van der Waals surface area contributed by atoms with Gasteiger partial charge in [0.1, 0.15) is 4.90 Å². The Morgan fingerprint density at radius 3 is 2.15 bits per heavy atom. The molecule has 6 nitrogen and oxygen atoms in total. The summed E-state index contributed by atoms with van der Waals surface area (Å²) in [7, 11) is -8.03. The van der Waals surface area contributed by atoms with Crippen molar-refractivity contribution in [1.29, 1.82) is 0 Å². The van der Waals surface area contributed by atoms with Gasteiger partial charge in [0, 0.05) is 0 Å². The standard InChI is InChI=1S/C24H21ClN2O4S2/c1-16-7-12-23(17(2)13-16)27-33(30,31)24-15-20(9-11-22(24)25)26-32(28,29)21-10-8-18-5-3-4-6-19(18)14-21/h3-15,26-27H,1-2H3. The van der Waals surface area contributed by atoms with Crippen molar-refractivity contribution in [2.45, 2.75) is 23.6 Å². The van der Waals surface area contributed by atoms with Crippen molar-refractivity contribution in [3.8, 4) is 0 Å². The highest BCUT2D eigenvalue weighted by Crippen LogP contribution is 2.29. The SMILES string of the molecule is Cc1ccc(NS(=O)(=O)c2cc(NS(=O)(=O)c3ccc4ccccc4c3)ccc2Cl)c(C)c1. The van der Waals surface area contributed by atoms with Crippen LogP contribution in [0.3, 0.4) is 0 Å². The summed E-state index contributed by atoms with van der Waals surface area (Å²) in [6, 6.07) is 21.5. The van der Waals surface area contributed by atoms with Crippen LogP contribution < -0.4 is 9.44 Å². The van der Waals surface area contributed by atoms with Gasteiger partial charge in [-0.3, -0.25) is 9.44 Å². The third kappa shape index (κ3) is 4.98. The molecule has 0 aliphatic heterocycles. The van der Waals surface area contributed by atoms with E-state index in [2.05, 4.69) is 9.44 Å². The van der Waals surface area contributed by atoms with Crippen molar-refractivity contribution in [2.24, 2.45) is 0 Å². The molecule has 0 spiro atoms. The average Bonchev–Trinajstić information content (AvgIpc) is 2.76. The highest BCUT2D eigenvalue weighted by atomic mass is 35.5. The summed E-state index contributed by atoms with van der Waals surface area (Å²) >= 11 is 6.17. The summed E-state index contributed by atoms with van der Waals surface area (Å²) in [5.74, 6) is 0. The van der Waals surface area contributed by atoms with E-state index in [0.29, 0.717) is 5.69 Å². The van der Waals surface area contributed by atoms with E-state index in [0.717, 1.165) is 21.9 Å². The lowest BCUT2D eigenvalue weighted by Crippen LogP contribution is -2.16. The monoisotopic (exact) mass is 500 g/mol. The normalized spacial score (nSPS) is 12.0. The molecule has 4 rings (SSSR count). The Labute approximate surface area is 198 Å². The fraction of sp³-hybridized carbons (Fsp3) is 0.0833. The molecule has 0 fully saturated rings. The van der Waals surface area contributed by atoms with Crippen molar-refractivity contribution in [1.82, 2.24) is 0 Å². The van der Waals surface area contributed by atoms with Gasteiger partial charge in [-0.15, -0.1) is 0 Å². The molecule has 0 saturated carbocycles. The molecule has 4 aromatic carbocycles. The highest BCUT2D eigenvalue weighted by molar-refractivity contribution is 7.93. The lowest BCUT2D eigenvalue weighted by Gasteiger charge is -2.14. The Bertz CT molecular complexity index is 1580. The predicted molar refractivity (Wildman–Crippen MR) is 133 cm³/mol. The molecule has 0 bridgehead atoms. The summed E-state index contributed by atoms with van der Waals surface area (Å²) in [6.45, 7) is 3.70. The molecule has 0 radical (unpaired) electrons. The van der Waals surface area contributed by atoms with Crippen LogP contribution in [-0.4, -0.2) is 16.8 Å². The molecule has 0 aliphatic rings. The van der Waals surface area contributed by atoms with Crippen molar-refractivity contribution in [3.05, 3.63) is 95.0 Å². The smallest absolute Gasteiger partial charge is 0.263 e. The summed E-state index contributed by atoms with van der Waals surface area (Å²) in [5.41, 5.74) is 2.24. The Kier molecular flexibility index (Phi) is 6.09. The van der Waals surface area contributed by atoms with Crippen LogP contribution in [-0.2, 0) is 20.0 Å².